The van der Waals surface area contributed by atoms with Crippen LogP contribution in [0.25, 0.3) is 0 Å². The number of benzene rings is 2. The van der Waals surface area contributed by atoms with Gasteiger partial charge in [0.05, 0.1) is 26.5 Å². The van der Waals surface area contributed by atoms with E-state index in [2.05, 4.69) is 17.5 Å². The Kier molecular flexibility index (Phi) is 8.16. The summed E-state index contributed by atoms with van der Waals surface area (Å²) in [6, 6.07) is 12.4. The molecule has 0 atom stereocenters. The Bertz CT molecular complexity index is 757. The molecule has 6 heteroatoms. The van der Waals surface area contributed by atoms with Crippen molar-refractivity contribution < 1.29 is 19.0 Å². The van der Waals surface area contributed by atoms with Crippen LogP contribution in [0, 0.1) is 0 Å². The van der Waals surface area contributed by atoms with Crippen LogP contribution in [-0.2, 0) is 0 Å². The zero-order chi connectivity index (χ0) is 19.5. The molecule has 0 aromatic heterocycles. The largest absolute Gasteiger partial charge is 0.496 e. The fourth-order valence-electron chi connectivity index (χ4n) is 2.33. The Morgan fingerprint density at radius 3 is 2.48 bits per heavy atom. The number of methoxy groups -OCH3 is 1. The van der Waals surface area contributed by atoms with Gasteiger partial charge in [-0.25, -0.2) is 5.43 Å². The molecule has 1 amide bonds. The van der Waals surface area contributed by atoms with Crippen LogP contribution >= 0.6 is 0 Å². The molecule has 0 bridgehead atoms. The fourth-order valence-corrected chi connectivity index (χ4v) is 2.33. The number of nitrogens with one attached hydrogen (secondary N) is 1. The summed E-state index contributed by atoms with van der Waals surface area (Å²) >= 11 is 0. The van der Waals surface area contributed by atoms with Crippen molar-refractivity contribution >= 4 is 12.1 Å². The lowest BCUT2D eigenvalue weighted by Crippen LogP contribution is -2.17. The van der Waals surface area contributed by atoms with Gasteiger partial charge in [0.25, 0.3) is 5.91 Å². The third-order valence-corrected chi connectivity index (χ3v) is 3.77. The summed E-state index contributed by atoms with van der Waals surface area (Å²) < 4.78 is 16.4. The number of carbonyl (C=O) groups excluding carboxylic acids is 1. The SMILES string of the molecule is CCCCOc1ccc(C(=O)NN=Cc2cc(OCC)ccc2OC)cc1. The van der Waals surface area contributed by atoms with Gasteiger partial charge in [-0.05, 0) is 55.8 Å². The lowest BCUT2D eigenvalue weighted by molar-refractivity contribution is 0.0955. The highest BCUT2D eigenvalue weighted by Gasteiger charge is 2.06. The molecule has 0 aliphatic carbocycles. The quantitative estimate of drug-likeness (QED) is 0.389. The van der Waals surface area contributed by atoms with E-state index < -0.39 is 0 Å². The molecule has 2 aromatic rings. The number of rotatable bonds is 10. The molecule has 0 aliphatic heterocycles. The van der Waals surface area contributed by atoms with E-state index in [1.54, 1.807) is 43.5 Å². The molecule has 0 unspecified atom stereocenters. The number of amides is 1. The Hall–Kier alpha value is -3.02. The van der Waals surface area contributed by atoms with E-state index in [0.717, 1.165) is 18.6 Å². The lowest BCUT2D eigenvalue weighted by Gasteiger charge is -2.08. The van der Waals surface area contributed by atoms with Gasteiger partial charge in [-0.1, -0.05) is 13.3 Å². The van der Waals surface area contributed by atoms with Crippen LogP contribution in [0.3, 0.4) is 0 Å². The van der Waals surface area contributed by atoms with Crippen LogP contribution in [0.15, 0.2) is 47.6 Å². The second-order valence-corrected chi connectivity index (χ2v) is 5.76. The van der Waals surface area contributed by atoms with Crippen molar-refractivity contribution in [1.82, 2.24) is 5.43 Å². The van der Waals surface area contributed by atoms with Crippen molar-refractivity contribution in [3.8, 4) is 17.2 Å². The minimum atomic E-state index is -0.300. The van der Waals surface area contributed by atoms with Gasteiger partial charge < -0.3 is 14.2 Å². The van der Waals surface area contributed by atoms with E-state index in [4.69, 9.17) is 14.2 Å². The van der Waals surface area contributed by atoms with Gasteiger partial charge in [0, 0.05) is 11.1 Å². The smallest absolute Gasteiger partial charge is 0.271 e. The molecule has 0 saturated heterocycles. The molecule has 2 aromatic carbocycles. The van der Waals surface area contributed by atoms with E-state index in [0.29, 0.717) is 35.8 Å². The normalized spacial score (nSPS) is 10.6. The molecule has 0 radical (unpaired) electrons. The number of carbonyl (C=O) groups is 1. The predicted octanol–water partition coefficient (Wildman–Crippen LogP) is 4.04. The fraction of sp³-hybridized carbons (Fsp3) is 0.333. The molecule has 1 N–H and O–H groups in total. The van der Waals surface area contributed by atoms with Gasteiger partial charge in [0.2, 0.25) is 0 Å². The molecule has 0 spiro atoms. The van der Waals surface area contributed by atoms with E-state index in [1.165, 1.54) is 6.21 Å². The molecule has 0 heterocycles. The molecule has 27 heavy (non-hydrogen) atoms. The number of ether oxygens (including phenoxy) is 3. The van der Waals surface area contributed by atoms with Crippen molar-refractivity contribution in [1.29, 1.82) is 0 Å². The first-order chi connectivity index (χ1) is 13.2. The zero-order valence-corrected chi connectivity index (χ0v) is 16.0. The molecule has 0 saturated carbocycles. The van der Waals surface area contributed by atoms with Crippen molar-refractivity contribution in [2.45, 2.75) is 26.7 Å². The topological polar surface area (TPSA) is 69.2 Å². The molecule has 2 rings (SSSR count). The van der Waals surface area contributed by atoms with Crippen LogP contribution in [0.5, 0.6) is 17.2 Å². The highest BCUT2D eigenvalue weighted by molar-refractivity contribution is 5.95. The Labute approximate surface area is 160 Å². The molecule has 144 valence electrons. The van der Waals surface area contributed by atoms with Crippen molar-refractivity contribution in [3.05, 3.63) is 53.6 Å². The van der Waals surface area contributed by atoms with Crippen LogP contribution in [0.1, 0.15) is 42.6 Å². The second kappa shape index (κ2) is 10.9. The van der Waals surface area contributed by atoms with Gasteiger partial charge >= 0.3 is 0 Å². The molecule has 0 fully saturated rings. The average Bonchev–Trinajstić information content (AvgIpc) is 2.69. The Morgan fingerprint density at radius 1 is 1.07 bits per heavy atom. The van der Waals surface area contributed by atoms with E-state index >= 15 is 0 Å². The number of hydrogen-bond donors (Lipinski definition) is 1. The number of nitrogens with zero attached hydrogens (tertiary/aromatic N) is 1. The maximum atomic E-state index is 12.2. The summed E-state index contributed by atoms with van der Waals surface area (Å²) in [6.45, 7) is 5.27. The van der Waals surface area contributed by atoms with Gasteiger partial charge in [-0.2, -0.15) is 5.10 Å². The Morgan fingerprint density at radius 2 is 1.81 bits per heavy atom. The molecular formula is C21H26N2O4. The van der Waals surface area contributed by atoms with Gasteiger partial charge in [-0.3, -0.25) is 4.79 Å². The number of hydrogen-bond acceptors (Lipinski definition) is 5. The maximum absolute atomic E-state index is 12.2. The highest BCUT2D eigenvalue weighted by Crippen LogP contribution is 2.22. The molecule has 0 aliphatic rings. The van der Waals surface area contributed by atoms with Crippen LogP contribution in [0.4, 0.5) is 0 Å². The molecular weight excluding hydrogens is 344 g/mol. The summed E-state index contributed by atoms with van der Waals surface area (Å²) in [7, 11) is 1.58. The van der Waals surface area contributed by atoms with E-state index in [1.807, 2.05) is 13.0 Å². The summed E-state index contributed by atoms with van der Waals surface area (Å²) in [4.78, 5) is 12.2. The van der Waals surface area contributed by atoms with Gasteiger partial charge in [0.1, 0.15) is 17.2 Å². The van der Waals surface area contributed by atoms with Crippen LogP contribution in [-0.4, -0.2) is 32.4 Å². The summed E-state index contributed by atoms with van der Waals surface area (Å²) in [5, 5.41) is 4.02. The maximum Gasteiger partial charge on any atom is 0.271 e. The summed E-state index contributed by atoms with van der Waals surface area (Å²) in [5.41, 5.74) is 3.73. The number of unbranched alkanes of at least 4 members (excludes halogenated alkanes) is 1. The lowest BCUT2D eigenvalue weighted by atomic mass is 10.2. The predicted molar refractivity (Wildman–Crippen MR) is 106 cm³/mol. The van der Waals surface area contributed by atoms with E-state index in [-0.39, 0.29) is 5.91 Å². The minimum absolute atomic E-state index is 0.300. The van der Waals surface area contributed by atoms with Gasteiger partial charge in [-0.15, -0.1) is 0 Å². The van der Waals surface area contributed by atoms with Crippen molar-refractivity contribution in [2.24, 2.45) is 5.10 Å². The van der Waals surface area contributed by atoms with Crippen molar-refractivity contribution in [3.63, 3.8) is 0 Å². The zero-order valence-electron chi connectivity index (χ0n) is 16.0. The monoisotopic (exact) mass is 370 g/mol. The van der Waals surface area contributed by atoms with Gasteiger partial charge in [0.15, 0.2) is 0 Å². The first-order valence-corrected chi connectivity index (χ1v) is 9.05. The number of hydrazone groups is 1. The van der Waals surface area contributed by atoms with Crippen LogP contribution < -0.4 is 19.6 Å². The first-order valence-electron chi connectivity index (χ1n) is 9.05. The average molecular weight is 370 g/mol. The van der Waals surface area contributed by atoms with E-state index in [9.17, 15) is 4.79 Å². The summed E-state index contributed by atoms with van der Waals surface area (Å²) in [6.07, 6.45) is 3.61. The standard InChI is InChI=1S/C21H26N2O4/c1-4-6-13-27-18-9-7-16(8-10-18)21(24)23-22-15-17-14-19(26-5-2)11-12-20(17)25-3/h7-12,14-15H,4-6,13H2,1-3H3,(H,23,24). The van der Waals surface area contributed by atoms with Crippen LogP contribution in [0.2, 0.25) is 0 Å². The third-order valence-electron chi connectivity index (χ3n) is 3.77. The molecule has 6 nitrogen and oxygen atoms in total. The summed E-state index contributed by atoms with van der Waals surface area (Å²) in [5.74, 6) is 1.81. The highest BCUT2D eigenvalue weighted by atomic mass is 16.5. The minimum Gasteiger partial charge on any atom is -0.496 e. The van der Waals surface area contributed by atoms with Crippen molar-refractivity contribution in [2.75, 3.05) is 20.3 Å². The third kappa shape index (κ3) is 6.33. The first kappa shape index (κ1) is 20.3. The Balaban J connectivity index is 1.97. The second-order valence-electron chi connectivity index (χ2n) is 5.76.